The summed E-state index contributed by atoms with van der Waals surface area (Å²) in [5.41, 5.74) is 4.74. The van der Waals surface area contributed by atoms with Gasteiger partial charge in [-0.3, -0.25) is 15.1 Å². The van der Waals surface area contributed by atoms with Crippen molar-refractivity contribution in [3.05, 3.63) is 79.9 Å². The molecule has 0 saturated heterocycles. The summed E-state index contributed by atoms with van der Waals surface area (Å²) in [7, 11) is 0. The molecule has 7 nitrogen and oxygen atoms in total. The molecule has 0 aliphatic heterocycles. The van der Waals surface area contributed by atoms with Gasteiger partial charge in [-0.1, -0.05) is 37.9 Å². The first-order valence-electron chi connectivity index (χ1n) is 11.4. The zero-order valence-corrected chi connectivity index (χ0v) is 20.8. The number of hydrogen-bond acceptors (Lipinski definition) is 6. The van der Waals surface area contributed by atoms with Crippen LogP contribution in [0.5, 0.6) is 5.75 Å². The largest absolute Gasteiger partial charge is 0.502 e. The smallest absolute Gasteiger partial charge is 0.315 e. The molecular weight excluding hydrogens is 466 g/mol. The second-order valence-electron chi connectivity index (χ2n) is 8.67. The van der Waals surface area contributed by atoms with E-state index in [4.69, 9.17) is 16.0 Å². The molecule has 1 heterocycles. The van der Waals surface area contributed by atoms with Gasteiger partial charge in [0.1, 0.15) is 5.52 Å². The Labute approximate surface area is 208 Å². The Morgan fingerprint density at radius 1 is 1.20 bits per heavy atom. The molecule has 4 rings (SSSR count). The quantitative estimate of drug-likeness (QED) is 0.160. The third-order valence-electron chi connectivity index (χ3n) is 6.24. The summed E-state index contributed by atoms with van der Waals surface area (Å²) in [5, 5.41) is 22.1. The van der Waals surface area contributed by atoms with Crippen LogP contribution in [0.2, 0.25) is 5.02 Å². The standard InChI is InChI=1S/C27H26ClN3O4/c1-5-6-15(2)19-9-12-23-22(13-19)30-27(35-23)18-7-10-20(11-8-18)29-14-21-16(3)24(28)17(4)25(26(21)32)31(33)34/h7-15,32H,5-6H2,1-4H3/t15-/m1/s1. The number of halogens is 1. The molecule has 0 radical (unpaired) electrons. The number of nitrogens with zero attached hydrogens (tertiary/aromatic N) is 3. The third-order valence-corrected chi connectivity index (χ3v) is 6.81. The molecule has 0 aliphatic carbocycles. The highest BCUT2D eigenvalue weighted by molar-refractivity contribution is 6.33. The van der Waals surface area contributed by atoms with Crippen molar-refractivity contribution in [1.82, 2.24) is 4.98 Å². The molecule has 0 bridgehead atoms. The van der Waals surface area contributed by atoms with E-state index in [0.29, 0.717) is 23.1 Å². The van der Waals surface area contributed by atoms with E-state index in [9.17, 15) is 15.2 Å². The van der Waals surface area contributed by atoms with Gasteiger partial charge in [-0.25, -0.2) is 4.98 Å². The molecule has 1 N–H and O–H groups in total. The normalized spacial score (nSPS) is 12.5. The number of benzene rings is 3. The predicted octanol–water partition coefficient (Wildman–Crippen LogP) is 8.03. The summed E-state index contributed by atoms with van der Waals surface area (Å²) in [6.07, 6.45) is 3.64. The third kappa shape index (κ3) is 4.77. The molecule has 4 aromatic rings. The topological polar surface area (TPSA) is 102 Å². The van der Waals surface area contributed by atoms with Crippen LogP contribution in [-0.4, -0.2) is 21.2 Å². The molecule has 0 amide bonds. The number of nitro benzene ring substituents is 1. The van der Waals surface area contributed by atoms with Crippen molar-refractivity contribution in [2.24, 2.45) is 4.99 Å². The molecule has 0 spiro atoms. The van der Waals surface area contributed by atoms with Gasteiger partial charge >= 0.3 is 5.69 Å². The van der Waals surface area contributed by atoms with E-state index in [0.717, 1.165) is 29.5 Å². The van der Waals surface area contributed by atoms with Crippen LogP contribution < -0.4 is 0 Å². The summed E-state index contributed by atoms with van der Waals surface area (Å²) in [5.74, 6) is 0.536. The number of aromatic hydroxyl groups is 1. The number of nitro groups is 1. The number of aromatic nitrogens is 1. The lowest BCUT2D eigenvalue weighted by atomic mass is 9.96. The number of phenols is 1. The Morgan fingerprint density at radius 2 is 1.91 bits per heavy atom. The van der Waals surface area contributed by atoms with Gasteiger partial charge in [0.25, 0.3) is 0 Å². The van der Waals surface area contributed by atoms with Crippen molar-refractivity contribution in [2.45, 2.75) is 46.5 Å². The predicted molar refractivity (Wildman–Crippen MR) is 139 cm³/mol. The minimum Gasteiger partial charge on any atom is -0.502 e. The van der Waals surface area contributed by atoms with Crippen LogP contribution in [0.25, 0.3) is 22.6 Å². The van der Waals surface area contributed by atoms with E-state index >= 15 is 0 Å². The first-order chi connectivity index (χ1) is 16.7. The number of phenolic OH excluding ortho intramolecular Hbond substituents is 1. The van der Waals surface area contributed by atoms with Gasteiger partial charge < -0.3 is 9.52 Å². The van der Waals surface area contributed by atoms with E-state index in [-0.39, 0.29) is 16.1 Å². The van der Waals surface area contributed by atoms with E-state index in [1.165, 1.54) is 18.7 Å². The molecule has 3 aromatic carbocycles. The highest BCUT2D eigenvalue weighted by Crippen LogP contribution is 2.40. The Morgan fingerprint density at radius 3 is 2.57 bits per heavy atom. The van der Waals surface area contributed by atoms with Gasteiger partial charge in [0, 0.05) is 22.9 Å². The summed E-state index contributed by atoms with van der Waals surface area (Å²) in [6, 6.07) is 13.4. The Bertz CT molecular complexity index is 1440. The molecule has 180 valence electrons. The van der Waals surface area contributed by atoms with E-state index < -0.39 is 16.4 Å². The molecule has 35 heavy (non-hydrogen) atoms. The van der Waals surface area contributed by atoms with Crippen LogP contribution in [0.15, 0.2) is 51.9 Å². The van der Waals surface area contributed by atoms with E-state index in [2.05, 4.69) is 36.0 Å². The van der Waals surface area contributed by atoms with Crippen LogP contribution in [-0.2, 0) is 0 Å². The van der Waals surface area contributed by atoms with Crippen LogP contribution >= 0.6 is 11.6 Å². The molecule has 0 aliphatic rings. The van der Waals surface area contributed by atoms with Crippen molar-refractivity contribution < 1.29 is 14.4 Å². The van der Waals surface area contributed by atoms with Crippen molar-refractivity contribution >= 4 is 40.3 Å². The van der Waals surface area contributed by atoms with E-state index in [1.54, 1.807) is 19.1 Å². The molecule has 0 saturated carbocycles. The SMILES string of the molecule is CCC[C@@H](C)c1ccc2oc(-c3ccc(N=Cc4c(C)c(Cl)c(C)c([N+](=O)[O-])c4O)cc3)nc2c1. The maximum atomic E-state index is 11.4. The number of rotatable bonds is 7. The van der Waals surface area contributed by atoms with Gasteiger partial charge in [-0.05, 0) is 73.7 Å². The second kappa shape index (κ2) is 9.88. The Kier molecular flexibility index (Phi) is 6.89. The lowest BCUT2D eigenvalue weighted by molar-refractivity contribution is -0.386. The average Bonchev–Trinajstić information content (AvgIpc) is 3.26. The van der Waals surface area contributed by atoms with Crippen molar-refractivity contribution in [2.75, 3.05) is 0 Å². The van der Waals surface area contributed by atoms with Crippen LogP contribution in [0.4, 0.5) is 11.4 Å². The monoisotopic (exact) mass is 491 g/mol. The zero-order valence-electron chi connectivity index (χ0n) is 20.0. The minimum atomic E-state index is -0.643. The molecule has 1 atom stereocenters. The molecular formula is C27H26ClN3O4. The van der Waals surface area contributed by atoms with Gasteiger partial charge in [0.05, 0.1) is 15.6 Å². The Balaban J connectivity index is 1.61. The van der Waals surface area contributed by atoms with Gasteiger partial charge in [0.15, 0.2) is 5.58 Å². The van der Waals surface area contributed by atoms with Gasteiger partial charge in [-0.2, -0.15) is 0 Å². The van der Waals surface area contributed by atoms with Gasteiger partial charge in [-0.15, -0.1) is 0 Å². The van der Waals surface area contributed by atoms with E-state index in [1.807, 2.05) is 18.2 Å². The number of aliphatic imine (C=N–C) groups is 1. The maximum absolute atomic E-state index is 11.4. The average molecular weight is 492 g/mol. The minimum absolute atomic E-state index is 0.212. The fourth-order valence-corrected chi connectivity index (χ4v) is 4.36. The number of oxazole rings is 1. The fourth-order valence-electron chi connectivity index (χ4n) is 4.17. The Hall–Kier alpha value is -3.71. The highest BCUT2D eigenvalue weighted by atomic mass is 35.5. The molecule has 0 unspecified atom stereocenters. The molecule has 1 aromatic heterocycles. The van der Waals surface area contributed by atoms with Crippen LogP contribution in [0.3, 0.4) is 0 Å². The molecule has 0 fully saturated rings. The summed E-state index contributed by atoms with van der Waals surface area (Å²) in [6.45, 7) is 7.59. The van der Waals surface area contributed by atoms with Crippen LogP contribution in [0.1, 0.15) is 54.9 Å². The number of fused-ring (bicyclic) bond motifs is 1. The lowest BCUT2D eigenvalue weighted by Gasteiger charge is -2.10. The summed E-state index contributed by atoms with van der Waals surface area (Å²) in [4.78, 5) is 19.8. The first-order valence-corrected chi connectivity index (χ1v) is 11.8. The van der Waals surface area contributed by atoms with Crippen molar-refractivity contribution in [1.29, 1.82) is 0 Å². The van der Waals surface area contributed by atoms with Gasteiger partial charge in [0.2, 0.25) is 11.6 Å². The second-order valence-corrected chi connectivity index (χ2v) is 9.05. The maximum Gasteiger partial charge on any atom is 0.315 e. The summed E-state index contributed by atoms with van der Waals surface area (Å²) < 4.78 is 5.95. The fraction of sp³-hybridized carbons (Fsp3) is 0.259. The lowest BCUT2D eigenvalue weighted by Crippen LogP contribution is -1.99. The summed E-state index contributed by atoms with van der Waals surface area (Å²) >= 11 is 6.26. The molecule has 8 heteroatoms. The van der Waals surface area contributed by atoms with Crippen LogP contribution in [0, 0.1) is 24.0 Å². The number of hydrogen-bond donors (Lipinski definition) is 1. The zero-order chi connectivity index (χ0) is 25.3. The van der Waals surface area contributed by atoms with Crippen molar-refractivity contribution in [3.63, 3.8) is 0 Å². The first kappa shape index (κ1) is 24.4. The highest BCUT2D eigenvalue weighted by Gasteiger charge is 2.25. The van der Waals surface area contributed by atoms with Crippen molar-refractivity contribution in [3.8, 4) is 17.2 Å².